The van der Waals surface area contributed by atoms with Crippen LogP contribution in [0.15, 0.2) is 18.5 Å². The minimum Gasteiger partial charge on any atom is -0.309 e. The summed E-state index contributed by atoms with van der Waals surface area (Å²) in [7, 11) is 0. The summed E-state index contributed by atoms with van der Waals surface area (Å²) in [4.78, 5) is 3.96. The molecule has 1 N–H and O–H groups in total. The molecular weight excluding hydrogens is 228 g/mol. The number of thioether (sulfide) groups is 1. The summed E-state index contributed by atoms with van der Waals surface area (Å²) in [6.45, 7) is 5.18. The molecule has 0 bridgehead atoms. The molecule has 0 aliphatic carbocycles. The van der Waals surface area contributed by atoms with Gasteiger partial charge in [-0.3, -0.25) is 4.98 Å². The lowest BCUT2D eigenvalue weighted by Crippen LogP contribution is -2.27. The van der Waals surface area contributed by atoms with E-state index in [-0.39, 0.29) is 0 Å². The summed E-state index contributed by atoms with van der Waals surface area (Å²) in [6, 6.07) is 2.47. The monoisotopic (exact) mass is 244 g/mol. The molecule has 0 aliphatic rings. The standard InChI is InChI=1S/C11H17ClN2S/c1-3-15-8-9(2)14-6-10-4-5-13-7-11(10)12/h4-5,7,9,14H,3,6,8H2,1-2H3. The Hall–Kier alpha value is -0.250. The Morgan fingerprint density at radius 1 is 1.60 bits per heavy atom. The van der Waals surface area contributed by atoms with Gasteiger partial charge in [-0.15, -0.1) is 0 Å². The molecule has 0 saturated heterocycles. The van der Waals surface area contributed by atoms with Gasteiger partial charge >= 0.3 is 0 Å². The molecule has 1 unspecified atom stereocenters. The number of pyridine rings is 1. The van der Waals surface area contributed by atoms with Gasteiger partial charge in [0.1, 0.15) is 0 Å². The van der Waals surface area contributed by atoms with E-state index < -0.39 is 0 Å². The van der Waals surface area contributed by atoms with Crippen LogP contribution in [-0.4, -0.2) is 22.5 Å². The number of aromatic nitrogens is 1. The molecule has 84 valence electrons. The van der Waals surface area contributed by atoms with Crippen LogP contribution in [0.1, 0.15) is 19.4 Å². The molecule has 1 heterocycles. The first-order chi connectivity index (χ1) is 7.24. The fourth-order valence-corrected chi connectivity index (χ4v) is 2.08. The Labute approximate surface area is 101 Å². The zero-order valence-corrected chi connectivity index (χ0v) is 10.7. The second-order valence-corrected chi connectivity index (χ2v) is 5.13. The first-order valence-corrected chi connectivity index (χ1v) is 6.66. The third kappa shape index (κ3) is 4.87. The van der Waals surface area contributed by atoms with Gasteiger partial charge in [0, 0.05) is 30.7 Å². The number of nitrogens with zero attached hydrogens (tertiary/aromatic N) is 1. The number of nitrogens with one attached hydrogen (secondary N) is 1. The predicted octanol–water partition coefficient (Wildman–Crippen LogP) is 2.97. The molecular formula is C11H17ClN2S. The van der Waals surface area contributed by atoms with Crippen LogP contribution in [0.25, 0.3) is 0 Å². The summed E-state index contributed by atoms with van der Waals surface area (Å²) in [5.41, 5.74) is 1.11. The average molecular weight is 245 g/mol. The van der Waals surface area contributed by atoms with Crippen LogP contribution in [0.2, 0.25) is 5.02 Å². The molecule has 0 aromatic carbocycles. The summed E-state index contributed by atoms with van der Waals surface area (Å²) in [5.74, 6) is 2.31. The summed E-state index contributed by atoms with van der Waals surface area (Å²) in [6.07, 6.45) is 3.46. The van der Waals surface area contributed by atoms with Crippen molar-refractivity contribution in [3.8, 4) is 0 Å². The van der Waals surface area contributed by atoms with E-state index in [1.165, 1.54) is 5.75 Å². The van der Waals surface area contributed by atoms with E-state index in [4.69, 9.17) is 11.6 Å². The highest BCUT2D eigenvalue weighted by molar-refractivity contribution is 7.99. The van der Waals surface area contributed by atoms with Crippen molar-refractivity contribution in [2.75, 3.05) is 11.5 Å². The molecule has 2 nitrogen and oxygen atoms in total. The van der Waals surface area contributed by atoms with E-state index in [1.807, 2.05) is 17.8 Å². The number of rotatable bonds is 6. The molecule has 0 radical (unpaired) electrons. The van der Waals surface area contributed by atoms with Gasteiger partial charge in [0.2, 0.25) is 0 Å². The highest BCUT2D eigenvalue weighted by atomic mass is 35.5. The quantitative estimate of drug-likeness (QED) is 0.833. The molecule has 15 heavy (non-hydrogen) atoms. The topological polar surface area (TPSA) is 24.9 Å². The minimum atomic E-state index is 0.513. The van der Waals surface area contributed by atoms with E-state index >= 15 is 0 Å². The third-order valence-electron chi connectivity index (χ3n) is 2.07. The van der Waals surface area contributed by atoms with Gasteiger partial charge in [0.15, 0.2) is 0 Å². The predicted molar refractivity (Wildman–Crippen MR) is 68.5 cm³/mol. The van der Waals surface area contributed by atoms with Gasteiger partial charge in [0.05, 0.1) is 5.02 Å². The van der Waals surface area contributed by atoms with E-state index in [9.17, 15) is 0 Å². The maximum atomic E-state index is 6.00. The first-order valence-electron chi connectivity index (χ1n) is 5.13. The van der Waals surface area contributed by atoms with Crippen LogP contribution in [0, 0.1) is 0 Å². The van der Waals surface area contributed by atoms with Crippen LogP contribution in [0.3, 0.4) is 0 Å². The van der Waals surface area contributed by atoms with Crippen LogP contribution < -0.4 is 5.32 Å². The molecule has 0 spiro atoms. The molecule has 0 aliphatic heterocycles. The second-order valence-electron chi connectivity index (χ2n) is 3.41. The van der Waals surface area contributed by atoms with Crippen molar-refractivity contribution in [1.29, 1.82) is 0 Å². The lowest BCUT2D eigenvalue weighted by molar-refractivity contribution is 0.595. The molecule has 0 fully saturated rings. The highest BCUT2D eigenvalue weighted by Gasteiger charge is 2.03. The minimum absolute atomic E-state index is 0.513. The number of hydrogen-bond donors (Lipinski definition) is 1. The number of halogens is 1. The van der Waals surface area contributed by atoms with Crippen molar-refractivity contribution in [2.24, 2.45) is 0 Å². The van der Waals surface area contributed by atoms with Crippen LogP contribution in [-0.2, 0) is 6.54 Å². The van der Waals surface area contributed by atoms with Gasteiger partial charge < -0.3 is 5.32 Å². The van der Waals surface area contributed by atoms with Crippen molar-refractivity contribution in [2.45, 2.75) is 26.4 Å². The Bertz CT molecular complexity index is 294. The normalized spacial score (nSPS) is 12.7. The van der Waals surface area contributed by atoms with Crippen molar-refractivity contribution in [3.05, 3.63) is 29.0 Å². The Morgan fingerprint density at radius 3 is 3.07 bits per heavy atom. The maximum absolute atomic E-state index is 6.00. The van der Waals surface area contributed by atoms with Crippen molar-refractivity contribution >= 4 is 23.4 Å². The molecule has 0 saturated carbocycles. The number of hydrogen-bond acceptors (Lipinski definition) is 3. The fraction of sp³-hybridized carbons (Fsp3) is 0.545. The average Bonchev–Trinajstić information content (AvgIpc) is 2.25. The van der Waals surface area contributed by atoms with Gasteiger partial charge in [-0.25, -0.2) is 0 Å². The highest BCUT2D eigenvalue weighted by Crippen LogP contribution is 2.13. The Kier molecular flexibility index (Phi) is 6.06. The van der Waals surface area contributed by atoms with Crippen molar-refractivity contribution < 1.29 is 0 Å². The lowest BCUT2D eigenvalue weighted by Gasteiger charge is -2.13. The first kappa shape index (κ1) is 12.8. The Balaban J connectivity index is 2.33. The largest absolute Gasteiger partial charge is 0.309 e. The maximum Gasteiger partial charge on any atom is 0.0634 e. The molecule has 4 heteroatoms. The summed E-state index contributed by atoms with van der Waals surface area (Å²) in [5, 5.41) is 4.18. The lowest BCUT2D eigenvalue weighted by atomic mass is 10.2. The zero-order chi connectivity index (χ0) is 11.1. The summed E-state index contributed by atoms with van der Waals surface area (Å²) >= 11 is 7.95. The molecule has 1 aromatic rings. The van der Waals surface area contributed by atoms with E-state index in [0.29, 0.717) is 6.04 Å². The SMILES string of the molecule is CCSCC(C)NCc1ccncc1Cl. The van der Waals surface area contributed by atoms with Crippen molar-refractivity contribution in [1.82, 2.24) is 10.3 Å². The summed E-state index contributed by atoms with van der Waals surface area (Å²) < 4.78 is 0. The smallest absolute Gasteiger partial charge is 0.0634 e. The van der Waals surface area contributed by atoms with E-state index in [0.717, 1.165) is 22.9 Å². The van der Waals surface area contributed by atoms with E-state index in [1.54, 1.807) is 12.4 Å². The van der Waals surface area contributed by atoms with Gasteiger partial charge in [-0.1, -0.05) is 18.5 Å². The van der Waals surface area contributed by atoms with Crippen molar-refractivity contribution in [3.63, 3.8) is 0 Å². The van der Waals surface area contributed by atoms with Crippen LogP contribution >= 0.6 is 23.4 Å². The third-order valence-corrected chi connectivity index (χ3v) is 3.55. The molecule has 1 aromatic heterocycles. The zero-order valence-electron chi connectivity index (χ0n) is 9.16. The van der Waals surface area contributed by atoms with Gasteiger partial charge in [-0.2, -0.15) is 11.8 Å². The van der Waals surface area contributed by atoms with Crippen LogP contribution in [0.5, 0.6) is 0 Å². The molecule has 1 atom stereocenters. The molecule has 0 amide bonds. The van der Waals surface area contributed by atoms with E-state index in [2.05, 4.69) is 24.1 Å². The molecule has 1 rings (SSSR count). The second kappa shape index (κ2) is 7.09. The Morgan fingerprint density at radius 2 is 2.40 bits per heavy atom. The van der Waals surface area contributed by atoms with Gasteiger partial charge in [-0.05, 0) is 24.3 Å². The van der Waals surface area contributed by atoms with Crippen LogP contribution in [0.4, 0.5) is 0 Å². The fourth-order valence-electron chi connectivity index (χ4n) is 1.19. The van der Waals surface area contributed by atoms with Gasteiger partial charge in [0.25, 0.3) is 0 Å².